The number of nitrogens with zero attached hydrogens (tertiary/aromatic N) is 1. The number of hydrogen-bond donors (Lipinski definition) is 3. The lowest BCUT2D eigenvalue weighted by Crippen LogP contribution is -2.70. The van der Waals surface area contributed by atoms with Gasteiger partial charge in [0.15, 0.2) is 6.29 Å². The fourth-order valence-corrected chi connectivity index (χ4v) is 4.33. The van der Waals surface area contributed by atoms with Gasteiger partial charge in [-0.2, -0.15) is 0 Å². The van der Waals surface area contributed by atoms with E-state index in [0.29, 0.717) is 26.1 Å². The molecule has 4 amide bonds. The third-order valence-electron chi connectivity index (χ3n) is 5.99. The van der Waals surface area contributed by atoms with E-state index in [9.17, 15) is 9.59 Å². The summed E-state index contributed by atoms with van der Waals surface area (Å²) in [4.78, 5) is 26.4. The van der Waals surface area contributed by atoms with Crippen LogP contribution in [0.5, 0.6) is 0 Å². The number of nitrogens with one attached hydrogen (secondary N) is 3. The highest BCUT2D eigenvalue weighted by atomic mass is 16.5. The van der Waals surface area contributed by atoms with Crippen molar-refractivity contribution in [3.63, 3.8) is 0 Å². The summed E-state index contributed by atoms with van der Waals surface area (Å²) in [5.41, 5.74) is 3.80. The first kappa shape index (κ1) is 19.9. The minimum Gasteiger partial charge on any atom is -0.381 e. The molecule has 7 nitrogen and oxygen atoms in total. The van der Waals surface area contributed by atoms with Crippen LogP contribution >= 0.6 is 0 Å². The van der Waals surface area contributed by atoms with E-state index in [1.54, 1.807) is 0 Å². The van der Waals surface area contributed by atoms with Gasteiger partial charge in [-0.05, 0) is 68.2 Å². The van der Waals surface area contributed by atoms with Crippen LogP contribution in [0.15, 0.2) is 30.3 Å². The predicted molar refractivity (Wildman–Crippen MR) is 111 cm³/mol. The number of benzene rings is 1. The number of imide groups is 1. The van der Waals surface area contributed by atoms with E-state index in [4.69, 9.17) is 4.74 Å². The maximum atomic E-state index is 12.6. The summed E-state index contributed by atoms with van der Waals surface area (Å²) in [6, 6.07) is 7.66. The second-order valence-corrected chi connectivity index (χ2v) is 8.03. The van der Waals surface area contributed by atoms with Crippen molar-refractivity contribution in [2.75, 3.05) is 13.2 Å². The van der Waals surface area contributed by atoms with E-state index < -0.39 is 6.29 Å². The Morgan fingerprint density at radius 1 is 1.14 bits per heavy atom. The van der Waals surface area contributed by atoms with Crippen LogP contribution < -0.4 is 16.0 Å². The van der Waals surface area contributed by atoms with E-state index in [-0.39, 0.29) is 24.1 Å². The van der Waals surface area contributed by atoms with Crippen LogP contribution in [0.2, 0.25) is 0 Å². The molecular weight excluding hydrogens is 368 g/mol. The smallest absolute Gasteiger partial charge is 0.328 e. The van der Waals surface area contributed by atoms with Crippen molar-refractivity contribution in [2.45, 2.75) is 63.8 Å². The fourth-order valence-electron chi connectivity index (χ4n) is 4.33. The molecule has 1 aliphatic carbocycles. The van der Waals surface area contributed by atoms with E-state index in [1.807, 2.05) is 6.92 Å². The molecule has 0 radical (unpaired) electrons. The lowest BCUT2D eigenvalue weighted by atomic mass is 9.92. The molecule has 2 fully saturated rings. The van der Waals surface area contributed by atoms with Gasteiger partial charge >= 0.3 is 12.1 Å². The highest BCUT2D eigenvalue weighted by Gasteiger charge is 2.37. The lowest BCUT2D eigenvalue weighted by Gasteiger charge is -2.39. The molecule has 1 aromatic carbocycles. The SMILES string of the molecule is C[C@H](NC1NC(=O)N(C2CCOCC2)C(=O)N1)c1cccc(C2=CCCCC2)c1. The molecule has 2 aliphatic heterocycles. The zero-order chi connectivity index (χ0) is 20.2. The third-order valence-corrected chi connectivity index (χ3v) is 5.99. The molecule has 3 aliphatic rings. The van der Waals surface area contributed by atoms with Gasteiger partial charge in [-0.3, -0.25) is 5.32 Å². The zero-order valence-corrected chi connectivity index (χ0v) is 16.9. The number of hydrogen-bond acceptors (Lipinski definition) is 4. The lowest BCUT2D eigenvalue weighted by molar-refractivity contribution is 0.0492. The number of amides is 4. The number of rotatable bonds is 5. The van der Waals surface area contributed by atoms with Gasteiger partial charge in [-0.15, -0.1) is 0 Å². The second kappa shape index (κ2) is 8.97. The fraction of sp³-hybridized carbons (Fsp3) is 0.545. The first-order valence-electron chi connectivity index (χ1n) is 10.7. The molecule has 156 valence electrons. The molecule has 1 atom stereocenters. The van der Waals surface area contributed by atoms with Crippen molar-refractivity contribution in [2.24, 2.45) is 0 Å². The molecule has 29 heavy (non-hydrogen) atoms. The summed E-state index contributed by atoms with van der Waals surface area (Å²) in [7, 11) is 0. The Morgan fingerprint density at radius 3 is 2.59 bits per heavy atom. The summed E-state index contributed by atoms with van der Waals surface area (Å²) in [6.07, 6.45) is 7.89. The summed E-state index contributed by atoms with van der Waals surface area (Å²) < 4.78 is 5.33. The van der Waals surface area contributed by atoms with Gasteiger partial charge in [0.2, 0.25) is 0 Å². The van der Waals surface area contributed by atoms with Crippen LogP contribution in [-0.2, 0) is 4.74 Å². The van der Waals surface area contributed by atoms with Crippen LogP contribution in [0.3, 0.4) is 0 Å². The molecule has 0 saturated carbocycles. The van der Waals surface area contributed by atoms with Crippen LogP contribution in [-0.4, -0.2) is 42.5 Å². The Kier molecular flexibility index (Phi) is 6.16. The molecule has 2 saturated heterocycles. The van der Waals surface area contributed by atoms with Crippen LogP contribution in [0.1, 0.15) is 62.6 Å². The van der Waals surface area contributed by atoms with Crippen molar-refractivity contribution < 1.29 is 14.3 Å². The maximum Gasteiger partial charge on any atom is 0.328 e. The first-order valence-corrected chi connectivity index (χ1v) is 10.7. The molecule has 1 aromatic rings. The van der Waals surface area contributed by atoms with Crippen LogP contribution in [0.25, 0.3) is 5.57 Å². The largest absolute Gasteiger partial charge is 0.381 e. The third kappa shape index (κ3) is 4.62. The van der Waals surface area contributed by atoms with Gasteiger partial charge in [0.05, 0.1) is 0 Å². The minimum atomic E-state index is -0.598. The Balaban J connectivity index is 1.39. The van der Waals surface area contributed by atoms with Crippen molar-refractivity contribution in [3.05, 3.63) is 41.5 Å². The Bertz CT molecular complexity index is 770. The molecule has 2 heterocycles. The van der Waals surface area contributed by atoms with Gasteiger partial charge in [0, 0.05) is 25.3 Å². The molecule has 0 aromatic heterocycles. The Hall–Kier alpha value is -2.38. The highest BCUT2D eigenvalue weighted by Crippen LogP contribution is 2.28. The molecule has 4 rings (SSSR count). The second-order valence-electron chi connectivity index (χ2n) is 8.03. The Labute approximate surface area is 171 Å². The van der Waals surface area contributed by atoms with Crippen molar-refractivity contribution in [3.8, 4) is 0 Å². The standard InChI is InChI=1S/C22H30N4O3/c1-15(17-8-5-9-18(14-17)16-6-3-2-4-7-16)23-20-24-21(27)26(22(28)25-20)19-10-12-29-13-11-19/h5-6,8-9,14-15,19-20,23H,2-4,7,10-13H2,1H3,(H,24,27)(H,25,28)/t15-/m0/s1. The summed E-state index contributed by atoms with van der Waals surface area (Å²) >= 11 is 0. The molecule has 3 N–H and O–H groups in total. The van der Waals surface area contributed by atoms with Crippen LogP contribution in [0.4, 0.5) is 9.59 Å². The quantitative estimate of drug-likeness (QED) is 0.709. The van der Waals surface area contributed by atoms with Crippen molar-refractivity contribution in [1.29, 1.82) is 0 Å². The van der Waals surface area contributed by atoms with Gasteiger partial charge < -0.3 is 15.4 Å². The van der Waals surface area contributed by atoms with Crippen molar-refractivity contribution in [1.82, 2.24) is 20.9 Å². The van der Waals surface area contributed by atoms with Crippen LogP contribution in [0, 0.1) is 0 Å². The van der Waals surface area contributed by atoms with Gasteiger partial charge in [-0.25, -0.2) is 14.5 Å². The van der Waals surface area contributed by atoms with Gasteiger partial charge in [0.25, 0.3) is 0 Å². The molecule has 7 heteroatoms. The number of carbonyl (C=O) groups is 2. The minimum absolute atomic E-state index is 0.0284. The van der Waals surface area contributed by atoms with E-state index in [0.717, 1.165) is 18.4 Å². The zero-order valence-electron chi connectivity index (χ0n) is 16.9. The first-order chi connectivity index (χ1) is 14.1. The van der Waals surface area contributed by atoms with E-state index in [2.05, 4.69) is 46.3 Å². The Morgan fingerprint density at radius 2 is 1.90 bits per heavy atom. The van der Waals surface area contributed by atoms with E-state index >= 15 is 0 Å². The summed E-state index contributed by atoms with van der Waals surface area (Å²) in [6.45, 7) is 3.19. The average Bonchev–Trinajstić information content (AvgIpc) is 2.75. The van der Waals surface area contributed by atoms with E-state index in [1.165, 1.54) is 28.9 Å². The molecule has 0 bridgehead atoms. The van der Waals surface area contributed by atoms with Crippen molar-refractivity contribution >= 4 is 17.6 Å². The molecular formula is C22H30N4O3. The number of ether oxygens (including phenoxy) is 1. The highest BCUT2D eigenvalue weighted by molar-refractivity contribution is 5.96. The average molecular weight is 399 g/mol. The monoisotopic (exact) mass is 398 g/mol. The summed E-state index contributed by atoms with van der Waals surface area (Å²) in [5, 5.41) is 9.04. The number of urea groups is 2. The normalized spacial score (nSPS) is 22.7. The molecule has 0 spiro atoms. The maximum absolute atomic E-state index is 12.6. The number of allylic oxidation sites excluding steroid dienone is 2. The molecule has 0 unspecified atom stereocenters. The number of carbonyl (C=O) groups excluding carboxylic acids is 2. The predicted octanol–water partition coefficient (Wildman–Crippen LogP) is 3.49. The summed E-state index contributed by atoms with van der Waals surface area (Å²) in [5.74, 6) is 0. The topological polar surface area (TPSA) is 82.7 Å². The van der Waals surface area contributed by atoms with Gasteiger partial charge in [-0.1, -0.05) is 24.3 Å². The van der Waals surface area contributed by atoms with Gasteiger partial charge in [0.1, 0.15) is 0 Å².